The minimum atomic E-state index is -4.67. The van der Waals surface area contributed by atoms with Gasteiger partial charge in [0, 0.05) is 24.3 Å². The fraction of sp³-hybridized carbons (Fsp3) is 0.625. The molecule has 2 aliphatic rings. The fourth-order valence-corrected chi connectivity index (χ4v) is 4.90. The number of benzene rings is 1. The van der Waals surface area contributed by atoms with E-state index in [0.717, 1.165) is 63.7 Å². The summed E-state index contributed by atoms with van der Waals surface area (Å²) in [5.74, 6) is 0.0758. The van der Waals surface area contributed by atoms with E-state index in [1.165, 1.54) is 18.9 Å². The van der Waals surface area contributed by atoms with Gasteiger partial charge in [-0.1, -0.05) is 32.6 Å². The lowest BCUT2D eigenvalue weighted by Gasteiger charge is -2.23. The minimum absolute atomic E-state index is 0.126. The molecule has 35 heavy (non-hydrogen) atoms. The van der Waals surface area contributed by atoms with E-state index < -0.39 is 17.5 Å². The molecule has 192 valence electrons. The lowest BCUT2D eigenvalue weighted by molar-refractivity contribution is -0.138. The van der Waals surface area contributed by atoms with Crippen LogP contribution in [0.25, 0.3) is 0 Å². The van der Waals surface area contributed by atoms with Crippen LogP contribution in [0, 0.1) is 0 Å². The number of hydrogen-bond donors (Lipinski definition) is 4. The number of aromatic hydroxyl groups is 1. The topological polar surface area (TPSA) is 98.2 Å². The van der Waals surface area contributed by atoms with E-state index in [9.17, 15) is 18.3 Å². The van der Waals surface area contributed by atoms with Crippen molar-refractivity contribution in [3.05, 3.63) is 23.8 Å². The van der Waals surface area contributed by atoms with Crippen LogP contribution in [-0.2, 0) is 6.18 Å². The Labute approximate surface area is 203 Å². The molecule has 1 aliphatic carbocycles. The van der Waals surface area contributed by atoms with E-state index in [2.05, 4.69) is 42.7 Å². The number of aromatic nitrogens is 3. The Bertz CT molecular complexity index is 980. The average molecular weight is 494 g/mol. The maximum atomic E-state index is 13.2. The van der Waals surface area contributed by atoms with Crippen molar-refractivity contribution in [2.24, 2.45) is 0 Å². The highest BCUT2D eigenvalue weighted by molar-refractivity contribution is 5.59. The van der Waals surface area contributed by atoms with Crippen molar-refractivity contribution in [3.63, 3.8) is 0 Å². The van der Waals surface area contributed by atoms with Crippen LogP contribution in [0.15, 0.2) is 18.2 Å². The van der Waals surface area contributed by atoms with Crippen LogP contribution >= 0.6 is 0 Å². The Morgan fingerprint density at radius 2 is 1.69 bits per heavy atom. The summed E-state index contributed by atoms with van der Waals surface area (Å²) in [4.78, 5) is 15.8. The van der Waals surface area contributed by atoms with Gasteiger partial charge in [-0.2, -0.15) is 28.1 Å². The largest absolute Gasteiger partial charge is 0.507 e. The molecule has 2 fully saturated rings. The Kier molecular flexibility index (Phi) is 8.15. The second kappa shape index (κ2) is 11.3. The van der Waals surface area contributed by atoms with Crippen molar-refractivity contribution in [3.8, 4) is 5.75 Å². The van der Waals surface area contributed by atoms with Gasteiger partial charge >= 0.3 is 6.18 Å². The molecule has 4 N–H and O–H groups in total. The number of phenols is 1. The van der Waals surface area contributed by atoms with E-state index in [1.54, 1.807) is 0 Å². The maximum Gasteiger partial charge on any atom is 0.420 e. The number of rotatable bonds is 8. The summed E-state index contributed by atoms with van der Waals surface area (Å²) in [7, 11) is 0. The first-order valence-electron chi connectivity index (χ1n) is 12.5. The monoisotopic (exact) mass is 493 g/mol. The Morgan fingerprint density at radius 1 is 0.971 bits per heavy atom. The third-order valence-electron chi connectivity index (χ3n) is 6.78. The molecule has 2 heterocycles. The van der Waals surface area contributed by atoms with Crippen LogP contribution in [0.4, 0.5) is 36.7 Å². The Morgan fingerprint density at radius 3 is 2.40 bits per heavy atom. The zero-order valence-electron chi connectivity index (χ0n) is 20.0. The number of alkyl halides is 3. The molecule has 1 saturated heterocycles. The van der Waals surface area contributed by atoms with Gasteiger partial charge in [-0.15, -0.1) is 0 Å². The molecule has 1 unspecified atom stereocenters. The quantitative estimate of drug-likeness (QED) is 0.288. The van der Waals surface area contributed by atoms with Crippen LogP contribution in [0.2, 0.25) is 0 Å². The van der Waals surface area contributed by atoms with E-state index in [1.807, 2.05) is 0 Å². The van der Waals surface area contributed by atoms with Crippen LogP contribution in [0.3, 0.4) is 0 Å². The van der Waals surface area contributed by atoms with Gasteiger partial charge in [0.15, 0.2) is 0 Å². The highest BCUT2D eigenvalue weighted by Crippen LogP contribution is 2.37. The van der Waals surface area contributed by atoms with Gasteiger partial charge in [-0.3, -0.25) is 4.90 Å². The summed E-state index contributed by atoms with van der Waals surface area (Å²) in [5, 5.41) is 19.2. The molecular weight excluding hydrogens is 459 g/mol. The van der Waals surface area contributed by atoms with E-state index in [4.69, 9.17) is 0 Å². The van der Waals surface area contributed by atoms with Crippen LogP contribution < -0.4 is 16.0 Å². The van der Waals surface area contributed by atoms with Crippen LogP contribution in [0.5, 0.6) is 5.75 Å². The molecule has 1 atom stereocenters. The van der Waals surface area contributed by atoms with E-state index >= 15 is 0 Å². The fourth-order valence-electron chi connectivity index (χ4n) is 4.90. The zero-order valence-corrected chi connectivity index (χ0v) is 20.0. The number of anilines is 4. The molecular formula is C24H34F3N7O. The smallest absolute Gasteiger partial charge is 0.420 e. The maximum absolute atomic E-state index is 13.2. The lowest BCUT2D eigenvalue weighted by atomic mass is 10.1. The van der Waals surface area contributed by atoms with Gasteiger partial charge < -0.3 is 21.1 Å². The number of likely N-dealkylation sites (N-methyl/N-ethyl adjacent to an activating group) is 1. The first-order chi connectivity index (χ1) is 16.8. The summed E-state index contributed by atoms with van der Waals surface area (Å²) in [5.41, 5.74) is -0.992. The standard InChI is InChI=1S/C24H34F3N7O/c1-2-34-13-7-10-18(34)15-28-21-31-22(29-16-8-5-3-4-6-9-16)33-23(32-21)30-17-11-12-20(35)19(14-17)24(25,26)27/h11-12,14,16,18,35H,2-10,13,15H2,1H3,(H3,28,29,30,31,32,33). The number of likely N-dealkylation sites (tertiary alicyclic amines) is 1. The van der Waals surface area contributed by atoms with Crippen molar-refractivity contribution in [2.45, 2.75) is 76.6 Å². The highest BCUT2D eigenvalue weighted by atomic mass is 19.4. The van der Waals surface area contributed by atoms with Gasteiger partial charge in [0.25, 0.3) is 0 Å². The van der Waals surface area contributed by atoms with Crippen molar-refractivity contribution in [2.75, 3.05) is 35.6 Å². The predicted molar refractivity (Wildman–Crippen MR) is 130 cm³/mol. The number of nitrogens with one attached hydrogen (secondary N) is 3. The van der Waals surface area contributed by atoms with E-state index in [-0.39, 0.29) is 17.7 Å². The van der Waals surface area contributed by atoms with Crippen molar-refractivity contribution in [1.82, 2.24) is 19.9 Å². The minimum Gasteiger partial charge on any atom is -0.507 e. The summed E-state index contributed by atoms with van der Waals surface area (Å²) in [6, 6.07) is 3.85. The molecule has 4 rings (SSSR count). The van der Waals surface area contributed by atoms with E-state index in [0.29, 0.717) is 24.5 Å². The molecule has 0 amide bonds. The second-order valence-electron chi connectivity index (χ2n) is 9.30. The highest BCUT2D eigenvalue weighted by Gasteiger charge is 2.34. The summed E-state index contributed by atoms with van der Waals surface area (Å²) in [6.07, 6.45) is 4.34. The van der Waals surface area contributed by atoms with Gasteiger partial charge in [0.1, 0.15) is 5.75 Å². The molecule has 0 radical (unpaired) electrons. The number of halogens is 3. The predicted octanol–water partition coefficient (Wildman–Crippen LogP) is 5.37. The average Bonchev–Trinajstić information content (AvgIpc) is 3.13. The van der Waals surface area contributed by atoms with Crippen molar-refractivity contribution < 1.29 is 18.3 Å². The van der Waals surface area contributed by atoms with Gasteiger partial charge in [0.05, 0.1) is 5.56 Å². The number of nitrogens with zero attached hydrogens (tertiary/aromatic N) is 4. The molecule has 1 saturated carbocycles. The van der Waals surface area contributed by atoms with Gasteiger partial charge in [-0.25, -0.2) is 0 Å². The number of hydrogen-bond acceptors (Lipinski definition) is 8. The van der Waals surface area contributed by atoms with Gasteiger partial charge in [0.2, 0.25) is 17.8 Å². The molecule has 8 nitrogen and oxygen atoms in total. The molecule has 2 aromatic rings. The summed E-state index contributed by atoms with van der Waals surface area (Å²) in [6.45, 7) is 4.87. The van der Waals surface area contributed by atoms with Crippen LogP contribution in [-0.4, -0.2) is 56.7 Å². The molecule has 1 aromatic carbocycles. The summed E-state index contributed by atoms with van der Waals surface area (Å²) < 4.78 is 39.7. The van der Waals surface area contributed by atoms with Crippen molar-refractivity contribution >= 4 is 23.5 Å². The SMILES string of the molecule is CCN1CCCC1CNc1nc(Nc2ccc(O)c(C(F)(F)F)c2)nc(NC2CCCCCC2)n1. The molecule has 0 bridgehead atoms. The molecule has 1 aliphatic heterocycles. The van der Waals surface area contributed by atoms with Gasteiger partial charge in [-0.05, 0) is 57.0 Å². The third-order valence-corrected chi connectivity index (χ3v) is 6.78. The van der Waals surface area contributed by atoms with Crippen molar-refractivity contribution in [1.29, 1.82) is 0 Å². The lowest BCUT2D eigenvalue weighted by Crippen LogP contribution is -2.35. The zero-order chi connectivity index (χ0) is 24.8. The molecule has 0 spiro atoms. The Hall–Kier alpha value is -2.82. The third kappa shape index (κ3) is 6.87. The number of phenolic OH excluding ortho intramolecular Hbond substituents is 1. The first-order valence-corrected chi connectivity index (χ1v) is 12.5. The second-order valence-corrected chi connectivity index (χ2v) is 9.30. The molecule has 1 aromatic heterocycles. The normalized spacial score (nSPS) is 19.9. The summed E-state index contributed by atoms with van der Waals surface area (Å²) >= 11 is 0. The Balaban J connectivity index is 1.55. The molecule has 11 heteroatoms. The van der Waals surface area contributed by atoms with Crippen LogP contribution in [0.1, 0.15) is 63.9 Å². The first kappa shape index (κ1) is 25.3.